The van der Waals surface area contributed by atoms with Crippen molar-refractivity contribution in [1.29, 1.82) is 0 Å². The van der Waals surface area contributed by atoms with Gasteiger partial charge in [-0.25, -0.2) is 8.42 Å². The Bertz CT molecular complexity index is 630. The van der Waals surface area contributed by atoms with Gasteiger partial charge in [0.25, 0.3) is 5.91 Å². The summed E-state index contributed by atoms with van der Waals surface area (Å²) in [6.07, 6.45) is 3.94. The lowest BCUT2D eigenvalue weighted by Gasteiger charge is -2.28. The molecule has 0 aliphatic heterocycles. The maximum atomic E-state index is 12.3. The van der Waals surface area contributed by atoms with Crippen molar-refractivity contribution in [3.63, 3.8) is 0 Å². The smallest absolute Gasteiger partial charge is 0.251 e. The third-order valence-electron chi connectivity index (χ3n) is 4.40. The molecule has 3 N–H and O–H groups in total. The summed E-state index contributed by atoms with van der Waals surface area (Å²) >= 11 is 0. The lowest BCUT2D eigenvalue weighted by molar-refractivity contribution is 0.0903. The van der Waals surface area contributed by atoms with Crippen molar-refractivity contribution < 1.29 is 13.2 Å². The van der Waals surface area contributed by atoms with Crippen molar-refractivity contribution in [1.82, 2.24) is 5.32 Å². The van der Waals surface area contributed by atoms with Crippen LogP contribution in [0.15, 0.2) is 29.2 Å². The van der Waals surface area contributed by atoms with Crippen LogP contribution in [0.4, 0.5) is 0 Å². The monoisotopic (exact) mass is 324 g/mol. The van der Waals surface area contributed by atoms with Crippen molar-refractivity contribution in [3.05, 3.63) is 29.8 Å². The first-order chi connectivity index (χ1) is 10.3. The minimum absolute atomic E-state index is 0.194. The van der Waals surface area contributed by atoms with Crippen LogP contribution in [-0.4, -0.2) is 31.7 Å². The number of nitrogens with two attached hydrogens (primary N) is 1. The first-order valence-corrected chi connectivity index (χ1v) is 9.22. The maximum Gasteiger partial charge on any atom is 0.251 e. The number of amides is 1. The van der Waals surface area contributed by atoms with Crippen LogP contribution < -0.4 is 11.1 Å². The van der Waals surface area contributed by atoms with E-state index in [1.165, 1.54) is 12.1 Å². The molecule has 2 rings (SSSR count). The van der Waals surface area contributed by atoms with E-state index < -0.39 is 15.1 Å². The summed E-state index contributed by atoms with van der Waals surface area (Å²) < 4.78 is 24.1. The van der Waals surface area contributed by atoms with Gasteiger partial charge in [0.2, 0.25) is 0 Å². The van der Waals surface area contributed by atoms with Gasteiger partial charge in [0.1, 0.15) is 0 Å². The van der Waals surface area contributed by atoms with E-state index in [2.05, 4.69) is 5.32 Å². The van der Waals surface area contributed by atoms with E-state index in [1.807, 2.05) is 0 Å². The van der Waals surface area contributed by atoms with Crippen LogP contribution in [0.3, 0.4) is 0 Å². The van der Waals surface area contributed by atoms with E-state index in [9.17, 15) is 13.2 Å². The number of nitrogens with one attached hydrogen (secondary N) is 1. The largest absolute Gasteiger partial charge is 0.345 e. The number of hydrogen-bond acceptors (Lipinski definition) is 4. The highest BCUT2D eigenvalue weighted by Gasteiger charge is 2.34. The molecule has 122 valence electrons. The first-order valence-electron chi connectivity index (χ1n) is 7.67. The van der Waals surface area contributed by atoms with Gasteiger partial charge in [-0.3, -0.25) is 4.79 Å². The molecule has 1 aliphatic carbocycles. The predicted octanol–water partition coefficient (Wildman–Crippen LogP) is 1.87. The van der Waals surface area contributed by atoms with Crippen LogP contribution in [0.1, 0.15) is 49.9 Å². The molecule has 0 spiro atoms. The number of carbonyl (C=O) groups is 1. The normalized spacial score (nSPS) is 17.6. The summed E-state index contributed by atoms with van der Waals surface area (Å²) in [5.41, 5.74) is 5.97. The second-order valence-electron chi connectivity index (χ2n) is 6.26. The highest BCUT2D eigenvalue weighted by atomic mass is 32.2. The zero-order valence-electron chi connectivity index (χ0n) is 13.1. The fourth-order valence-corrected chi connectivity index (χ4v) is 3.87. The standard InChI is InChI=1S/C16H24N2O3S/c1-12(2)22(20,21)14-7-5-13(6-8-14)15(19)18-16(11-17)9-3-4-10-16/h5-8,12H,3-4,9-11,17H2,1-2H3,(H,18,19). The van der Waals surface area contributed by atoms with E-state index in [-0.39, 0.29) is 16.3 Å². The van der Waals surface area contributed by atoms with Gasteiger partial charge in [-0.2, -0.15) is 0 Å². The molecule has 1 aromatic rings. The second-order valence-corrected chi connectivity index (χ2v) is 8.77. The summed E-state index contributed by atoms with van der Waals surface area (Å²) in [6, 6.07) is 6.11. The SMILES string of the molecule is CC(C)S(=O)(=O)c1ccc(C(=O)NC2(CN)CCCC2)cc1. The van der Waals surface area contributed by atoms with E-state index in [0.717, 1.165) is 25.7 Å². The lowest BCUT2D eigenvalue weighted by Crippen LogP contribution is -2.51. The van der Waals surface area contributed by atoms with Crippen molar-refractivity contribution in [3.8, 4) is 0 Å². The van der Waals surface area contributed by atoms with Crippen molar-refractivity contribution in [2.45, 2.75) is 55.2 Å². The fourth-order valence-electron chi connectivity index (χ4n) is 2.81. The van der Waals surface area contributed by atoms with Crippen molar-refractivity contribution in [2.24, 2.45) is 5.73 Å². The Morgan fingerprint density at radius 3 is 2.23 bits per heavy atom. The summed E-state index contributed by atoms with van der Waals surface area (Å²) in [4.78, 5) is 12.6. The van der Waals surface area contributed by atoms with Crippen molar-refractivity contribution >= 4 is 15.7 Å². The van der Waals surface area contributed by atoms with E-state index in [0.29, 0.717) is 12.1 Å². The van der Waals surface area contributed by atoms with E-state index in [1.54, 1.807) is 26.0 Å². The minimum atomic E-state index is -3.31. The Hall–Kier alpha value is -1.40. The molecular formula is C16H24N2O3S. The molecule has 6 heteroatoms. The molecule has 1 aliphatic rings. The molecule has 0 aromatic heterocycles. The Labute approximate surface area is 132 Å². The molecule has 5 nitrogen and oxygen atoms in total. The van der Waals surface area contributed by atoms with Crippen LogP contribution >= 0.6 is 0 Å². The van der Waals surface area contributed by atoms with E-state index >= 15 is 0 Å². The predicted molar refractivity (Wildman–Crippen MR) is 86.5 cm³/mol. The van der Waals surface area contributed by atoms with Crippen molar-refractivity contribution in [2.75, 3.05) is 6.54 Å². The molecule has 1 fully saturated rings. The molecule has 1 amide bonds. The summed E-state index contributed by atoms with van der Waals surface area (Å²) in [5, 5.41) is 2.55. The number of rotatable bonds is 5. The Kier molecular flexibility index (Phi) is 4.92. The van der Waals surface area contributed by atoms with Crippen LogP contribution in [0.2, 0.25) is 0 Å². The minimum Gasteiger partial charge on any atom is -0.345 e. The number of sulfone groups is 1. The third kappa shape index (κ3) is 3.33. The molecule has 0 unspecified atom stereocenters. The topological polar surface area (TPSA) is 89.3 Å². The molecule has 22 heavy (non-hydrogen) atoms. The number of hydrogen-bond donors (Lipinski definition) is 2. The molecule has 0 saturated heterocycles. The molecule has 0 radical (unpaired) electrons. The Balaban J connectivity index is 2.15. The number of carbonyl (C=O) groups excluding carboxylic acids is 1. The van der Waals surface area contributed by atoms with Gasteiger partial charge in [0.15, 0.2) is 9.84 Å². The Morgan fingerprint density at radius 2 is 1.77 bits per heavy atom. The van der Waals surface area contributed by atoms with Gasteiger partial charge in [0, 0.05) is 12.1 Å². The zero-order valence-corrected chi connectivity index (χ0v) is 13.9. The molecule has 0 atom stereocenters. The molecule has 1 aromatic carbocycles. The first kappa shape index (κ1) is 17.0. The summed E-state index contributed by atoms with van der Waals surface area (Å²) in [5.74, 6) is -0.194. The van der Waals surface area contributed by atoms with Gasteiger partial charge >= 0.3 is 0 Å². The van der Waals surface area contributed by atoms with Crippen LogP contribution in [-0.2, 0) is 9.84 Å². The molecule has 0 bridgehead atoms. The average molecular weight is 324 g/mol. The van der Waals surface area contributed by atoms with Gasteiger partial charge in [-0.05, 0) is 51.0 Å². The third-order valence-corrected chi connectivity index (χ3v) is 6.57. The van der Waals surface area contributed by atoms with Gasteiger partial charge in [-0.1, -0.05) is 12.8 Å². The average Bonchev–Trinajstić information content (AvgIpc) is 2.96. The fraction of sp³-hybridized carbons (Fsp3) is 0.562. The van der Waals surface area contributed by atoms with Crippen LogP contribution in [0.25, 0.3) is 0 Å². The molecular weight excluding hydrogens is 300 g/mol. The molecule has 1 saturated carbocycles. The van der Waals surface area contributed by atoms with Crippen LogP contribution in [0, 0.1) is 0 Å². The maximum absolute atomic E-state index is 12.3. The summed E-state index contributed by atoms with van der Waals surface area (Å²) in [6.45, 7) is 3.71. The van der Waals surface area contributed by atoms with Gasteiger partial charge < -0.3 is 11.1 Å². The quantitative estimate of drug-likeness (QED) is 0.865. The summed E-state index contributed by atoms with van der Waals surface area (Å²) in [7, 11) is -3.31. The van der Waals surface area contributed by atoms with E-state index in [4.69, 9.17) is 5.73 Å². The lowest BCUT2D eigenvalue weighted by atomic mass is 9.97. The molecule has 0 heterocycles. The second kappa shape index (κ2) is 6.38. The highest BCUT2D eigenvalue weighted by molar-refractivity contribution is 7.92. The zero-order chi connectivity index (χ0) is 16.4. The van der Waals surface area contributed by atoms with Gasteiger partial charge in [-0.15, -0.1) is 0 Å². The van der Waals surface area contributed by atoms with Gasteiger partial charge in [0.05, 0.1) is 15.7 Å². The highest BCUT2D eigenvalue weighted by Crippen LogP contribution is 2.29. The van der Waals surface area contributed by atoms with Crippen LogP contribution in [0.5, 0.6) is 0 Å². The Morgan fingerprint density at radius 1 is 1.23 bits per heavy atom. The number of benzene rings is 1.